The van der Waals surface area contributed by atoms with Crippen LogP contribution in [0.25, 0.3) is 0 Å². The lowest BCUT2D eigenvalue weighted by atomic mass is 9.86. The summed E-state index contributed by atoms with van der Waals surface area (Å²) in [6.45, 7) is 1.55. The summed E-state index contributed by atoms with van der Waals surface area (Å²) in [7, 11) is 4.54. The van der Waals surface area contributed by atoms with Crippen LogP contribution < -0.4 is 0 Å². The van der Waals surface area contributed by atoms with Gasteiger partial charge in [-0.1, -0.05) is 60.7 Å². The molecular weight excluding hydrogens is 338 g/mol. The Morgan fingerprint density at radius 1 is 1.07 bits per heavy atom. The number of rotatable bonds is 7. The number of carbonyl (C=O) groups is 1. The Kier molecular flexibility index (Phi) is 5.98. The molecule has 1 fully saturated rings. The van der Waals surface area contributed by atoms with Crippen molar-refractivity contribution >= 4 is 5.97 Å². The molecule has 3 rings (SSSR count). The summed E-state index contributed by atoms with van der Waals surface area (Å²) < 4.78 is 6.60. The van der Waals surface area contributed by atoms with Crippen LogP contribution in [0.15, 0.2) is 60.7 Å². The Morgan fingerprint density at radius 3 is 2.11 bits per heavy atom. The number of quaternary nitrogens is 1. The molecule has 0 bridgehead atoms. The Morgan fingerprint density at radius 2 is 1.63 bits per heavy atom. The van der Waals surface area contributed by atoms with Crippen LogP contribution in [0.2, 0.25) is 0 Å². The Labute approximate surface area is 162 Å². The van der Waals surface area contributed by atoms with E-state index in [1.807, 2.05) is 36.4 Å². The van der Waals surface area contributed by atoms with Gasteiger partial charge in [0.2, 0.25) is 5.60 Å². The van der Waals surface area contributed by atoms with E-state index >= 15 is 0 Å². The molecule has 0 aliphatic carbocycles. The molecule has 1 aliphatic rings. The van der Waals surface area contributed by atoms with Crippen molar-refractivity contribution in [3.8, 4) is 0 Å². The third-order valence-electron chi connectivity index (χ3n) is 5.85. The molecule has 1 heterocycles. The Hall–Kier alpha value is -2.17. The van der Waals surface area contributed by atoms with E-state index in [-0.39, 0.29) is 0 Å². The standard InChI is InChI=1S/C23H30NO3/c1-24(2)17-9-15-21(24)16-10-18-27-22(25)23(26,19-11-5-3-6-12-19)20-13-7-4-8-14-20/h3-8,11-14,21,26H,9-10,15-18H2,1-2H3/q+1. The van der Waals surface area contributed by atoms with Crippen molar-refractivity contribution in [2.24, 2.45) is 0 Å². The highest BCUT2D eigenvalue weighted by Gasteiger charge is 2.41. The number of likely N-dealkylation sites (tertiary alicyclic amines) is 1. The largest absolute Gasteiger partial charge is 0.463 e. The minimum Gasteiger partial charge on any atom is -0.463 e. The van der Waals surface area contributed by atoms with E-state index in [4.69, 9.17) is 4.74 Å². The van der Waals surface area contributed by atoms with Crippen LogP contribution in [0, 0.1) is 0 Å². The molecule has 1 atom stereocenters. The maximum absolute atomic E-state index is 12.9. The Bertz CT molecular complexity index is 703. The summed E-state index contributed by atoms with van der Waals surface area (Å²) in [6.07, 6.45) is 4.35. The maximum Gasteiger partial charge on any atom is 0.347 e. The number of benzene rings is 2. The lowest BCUT2D eigenvalue weighted by molar-refractivity contribution is -0.902. The number of esters is 1. The molecule has 2 aromatic rings. The first-order valence-corrected chi connectivity index (χ1v) is 9.78. The van der Waals surface area contributed by atoms with Crippen LogP contribution in [0.5, 0.6) is 0 Å². The van der Waals surface area contributed by atoms with Gasteiger partial charge < -0.3 is 14.3 Å². The summed E-state index contributed by atoms with van der Waals surface area (Å²) in [5.74, 6) is -0.611. The molecule has 1 N–H and O–H groups in total. The fourth-order valence-electron chi connectivity index (χ4n) is 4.11. The summed E-state index contributed by atoms with van der Waals surface area (Å²) >= 11 is 0. The second-order valence-corrected chi connectivity index (χ2v) is 8.02. The zero-order valence-corrected chi connectivity index (χ0v) is 16.3. The lowest BCUT2D eigenvalue weighted by Crippen LogP contribution is -2.44. The van der Waals surface area contributed by atoms with Crippen molar-refractivity contribution in [2.45, 2.75) is 37.3 Å². The van der Waals surface area contributed by atoms with Gasteiger partial charge in [-0.15, -0.1) is 0 Å². The molecule has 0 saturated carbocycles. The second kappa shape index (κ2) is 8.24. The van der Waals surface area contributed by atoms with E-state index in [0.29, 0.717) is 23.8 Å². The summed E-state index contributed by atoms with van der Waals surface area (Å²) in [4.78, 5) is 12.9. The SMILES string of the molecule is C[N+]1(C)CCCC1CCCOC(=O)C(O)(c1ccccc1)c1ccccc1. The highest BCUT2D eigenvalue weighted by Crippen LogP contribution is 2.31. The smallest absolute Gasteiger partial charge is 0.347 e. The van der Waals surface area contributed by atoms with Gasteiger partial charge in [0.15, 0.2) is 0 Å². The van der Waals surface area contributed by atoms with Gasteiger partial charge >= 0.3 is 5.97 Å². The van der Waals surface area contributed by atoms with Crippen molar-refractivity contribution in [3.63, 3.8) is 0 Å². The van der Waals surface area contributed by atoms with Crippen molar-refractivity contribution in [1.82, 2.24) is 0 Å². The molecule has 144 valence electrons. The van der Waals surface area contributed by atoms with Crippen LogP contribution >= 0.6 is 0 Å². The predicted molar refractivity (Wildman–Crippen MR) is 106 cm³/mol. The van der Waals surface area contributed by atoms with Gasteiger partial charge in [-0.25, -0.2) is 4.79 Å². The van der Waals surface area contributed by atoms with Gasteiger partial charge in [-0.3, -0.25) is 0 Å². The number of aliphatic hydroxyl groups is 1. The molecule has 2 aromatic carbocycles. The van der Waals surface area contributed by atoms with Crippen molar-refractivity contribution in [2.75, 3.05) is 27.2 Å². The molecule has 4 heteroatoms. The lowest BCUT2D eigenvalue weighted by Gasteiger charge is -2.31. The quantitative estimate of drug-likeness (QED) is 0.462. The molecule has 1 saturated heterocycles. The number of hydrogen-bond acceptors (Lipinski definition) is 3. The summed E-state index contributed by atoms with van der Waals surface area (Å²) in [5.41, 5.74) is -0.741. The van der Waals surface area contributed by atoms with E-state index < -0.39 is 11.6 Å². The monoisotopic (exact) mass is 368 g/mol. The molecule has 0 amide bonds. The van der Waals surface area contributed by atoms with Gasteiger partial charge in [-0.2, -0.15) is 0 Å². The van der Waals surface area contributed by atoms with E-state index in [2.05, 4.69) is 14.1 Å². The van der Waals surface area contributed by atoms with Crippen molar-refractivity contribution in [3.05, 3.63) is 71.8 Å². The molecule has 0 spiro atoms. The number of nitrogens with zero attached hydrogens (tertiary/aromatic N) is 1. The summed E-state index contributed by atoms with van der Waals surface area (Å²) in [5, 5.41) is 11.3. The van der Waals surface area contributed by atoms with Crippen LogP contribution in [-0.4, -0.2) is 48.8 Å². The van der Waals surface area contributed by atoms with Gasteiger partial charge in [0, 0.05) is 19.3 Å². The average molecular weight is 368 g/mol. The minimum atomic E-state index is -1.79. The number of ether oxygens (including phenoxy) is 1. The van der Waals surface area contributed by atoms with Gasteiger partial charge in [-0.05, 0) is 17.5 Å². The number of hydrogen-bond donors (Lipinski definition) is 1. The molecule has 1 unspecified atom stereocenters. The van der Waals surface area contributed by atoms with Crippen LogP contribution in [-0.2, 0) is 15.1 Å². The Balaban J connectivity index is 1.67. The molecule has 0 aromatic heterocycles. The zero-order valence-electron chi connectivity index (χ0n) is 16.3. The van der Waals surface area contributed by atoms with Crippen molar-refractivity contribution in [1.29, 1.82) is 0 Å². The first kappa shape index (κ1) is 19.6. The highest BCUT2D eigenvalue weighted by molar-refractivity contribution is 5.85. The van der Waals surface area contributed by atoms with E-state index in [1.54, 1.807) is 24.3 Å². The fraction of sp³-hybridized carbons (Fsp3) is 0.435. The topological polar surface area (TPSA) is 46.5 Å². The fourth-order valence-corrected chi connectivity index (χ4v) is 4.11. The second-order valence-electron chi connectivity index (χ2n) is 8.02. The first-order valence-electron chi connectivity index (χ1n) is 9.78. The average Bonchev–Trinajstić information content (AvgIpc) is 3.03. The van der Waals surface area contributed by atoms with Gasteiger partial charge in [0.1, 0.15) is 0 Å². The van der Waals surface area contributed by atoms with E-state index in [1.165, 1.54) is 19.4 Å². The molecule has 0 radical (unpaired) electrons. The zero-order chi connectivity index (χ0) is 19.3. The third kappa shape index (κ3) is 4.23. The third-order valence-corrected chi connectivity index (χ3v) is 5.85. The van der Waals surface area contributed by atoms with Gasteiger partial charge in [0.05, 0.1) is 33.3 Å². The van der Waals surface area contributed by atoms with Crippen LogP contribution in [0.4, 0.5) is 0 Å². The highest BCUT2D eigenvalue weighted by atomic mass is 16.5. The predicted octanol–water partition coefficient (Wildman–Crippen LogP) is 3.48. The molecular formula is C23H30NO3+. The van der Waals surface area contributed by atoms with Gasteiger partial charge in [0.25, 0.3) is 0 Å². The first-order chi connectivity index (χ1) is 12.9. The van der Waals surface area contributed by atoms with Crippen molar-refractivity contribution < 1.29 is 19.1 Å². The van der Waals surface area contributed by atoms with E-state index in [0.717, 1.165) is 17.3 Å². The normalized spacial score (nSPS) is 19.0. The maximum atomic E-state index is 12.9. The van der Waals surface area contributed by atoms with E-state index in [9.17, 15) is 9.90 Å². The molecule has 1 aliphatic heterocycles. The van der Waals surface area contributed by atoms with Crippen LogP contribution in [0.3, 0.4) is 0 Å². The summed E-state index contributed by atoms with van der Waals surface area (Å²) in [6, 6.07) is 18.6. The minimum absolute atomic E-state index is 0.331. The molecule has 27 heavy (non-hydrogen) atoms. The molecule has 4 nitrogen and oxygen atoms in total. The van der Waals surface area contributed by atoms with Crippen LogP contribution in [0.1, 0.15) is 36.8 Å². The number of carbonyl (C=O) groups excluding carboxylic acids is 1.